The molecule has 0 bridgehead atoms. The number of fused-ring (bicyclic) bond motifs is 1. The van der Waals surface area contributed by atoms with Crippen molar-refractivity contribution in [1.82, 2.24) is 9.55 Å². The van der Waals surface area contributed by atoms with E-state index in [0.29, 0.717) is 5.92 Å². The molecule has 1 aliphatic rings. The third kappa shape index (κ3) is 1.30. The molecular weight excluding hydrogens is 200 g/mol. The third-order valence-corrected chi connectivity index (χ3v) is 3.17. The normalized spacial score (nSPS) is 15.6. The minimum Gasteiger partial charge on any atom is -0.384 e. The first-order chi connectivity index (χ1) is 7.66. The van der Waals surface area contributed by atoms with Gasteiger partial charge in [0.15, 0.2) is 0 Å². The largest absolute Gasteiger partial charge is 0.384 e. The number of imidazole rings is 1. The molecule has 3 rings (SSSR count). The second-order valence-corrected chi connectivity index (χ2v) is 4.42. The Balaban J connectivity index is 2.20. The van der Waals surface area contributed by atoms with Crippen LogP contribution in [-0.4, -0.2) is 15.4 Å². The molecule has 0 amide bonds. The summed E-state index contributed by atoms with van der Waals surface area (Å²) < 4.78 is 2.15. The number of nitrogens with one attached hydrogen (secondary N) is 1. The predicted octanol–water partition coefficient (Wildman–Crippen LogP) is 1.73. The number of nitrogens with zero attached hydrogens (tertiary/aromatic N) is 2. The minimum absolute atomic E-state index is 0.0977. The summed E-state index contributed by atoms with van der Waals surface area (Å²) >= 11 is 0. The van der Waals surface area contributed by atoms with E-state index in [1.165, 1.54) is 12.8 Å². The van der Waals surface area contributed by atoms with Crippen LogP contribution in [0.15, 0.2) is 18.2 Å². The molecule has 1 saturated carbocycles. The first-order valence-electron chi connectivity index (χ1n) is 5.47. The zero-order chi connectivity index (χ0) is 11.3. The van der Waals surface area contributed by atoms with E-state index >= 15 is 0 Å². The number of aryl methyl sites for hydroxylation is 1. The fourth-order valence-corrected chi connectivity index (χ4v) is 2.09. The van der Waals surface area contributed by atoms with Crippen molar-refractivity contribution in [3.8, 4) is 0 Å². The molecule has 0 spiro atoms. The van der Waals surface area contributed by atoms with Gasteiger partial charge < -0.3 is 10.3 Å². The molecule has 4 nitrogen and oxygen atoms in total. The van der Waals surface area contributed by atoms with Crippen LogP contribution in [0.25, 0.3) is 11.0 Å². The zero-order valence-corrected chi connectivity index (χ0v) is 9.20. The SMILES string of the molecule is Cn1c(C2CC2)nc2cc(C(=N)N)ccc21. The lowest BCUT2D eigenvalue weighted by molar-refractivity contribution is 0.820. The maximum absolute atomic E-state index is 7.41. The Bertz CT molecular complexity index is 578. The molecule has 1 heterocycles. The van der Waals surface area contributed by atoms with Gasteiger partial charge in [-0.25, -0.2) is 4.98 Å². The average molecular weight is 214 g/mol. The van der Waals surface area contributed by atoms with E-state index in [2.05, 4.69) is 16.6 Å². The molecule has 0 atom stereocenters. The van der Waals surface area contributed by atoms with Crippen molar-refractivity contribution in [3.05, 3.63) is 29.6 Å². The van der Waals surface area contributed by atoms with Gasteiger partial charge in [-0.05, 0) is 31.0 Å². The van der Waals surface area contributed by atoms with E-state index in [0.717, 1.165) is 22.4 Å². The number of nitrogens with two attached hydrogens (primary N) is 1. The topological polar surface area (TPSA) is 67.7 Å². The summed E-state index contributed by atoms with van der Waals surface area (Å²) in [6.45, 7) is 0. The number of rotatable bonds is 2. The van der Waals surface area contributed by atoms with E-state index < -0.39 is 0 Å². The van der Waals surface area contributed by atoms with Crippen LogP contribution in [0.2, 0.25) is 0 Å². The summed E-state index contributed by atoms with van der Waals surface area (Å²) in [4.78, 5) is 4.63. The van der Waals surface area contributed by atoms with Gasteiger partial charge in [-0.15, -0.1) is 0 Å². The summed E-state index contributed by atoms with van der Waals surface area (Å²) in [5.41, 5.74) is 8.27. The van der Waals surface area contributed by atoms with Crippen molar-refractivity contribution in [1.29, 1.82) is 5.41 Å². The quantitative estimate of drug-likeness (QED) is 0.590. The highest BCUT2D eigenvalue weighted by molar-refractivity contribution is 5.98. The number of amidine groups is 1. The summed E-state index contributed by atoms with van der Waals surface area (Å²) in [6.07, 6.45) is 2.49. The van der Waals surface area contributed by atoms with E-state index in [-0.39, 0.29) is 5.84 Å². The van der Waals surface area contributed by atoms with Crippen molar-refractivity contribution in [2.75, 3.05) is 0 Å². The van der Waals surface area contributed by atoms with Gasteiger partial charge in [-0.1, -0.05) is 0 Å². The van der Waals surface area contributed by atoms with Crippen LogP contribution in [0.3, 0.4) is 0 Å². The summed E-state index contributed by atoms with van der Waals surface area (Å²) in [5.74, 6) is 1.90. The molecule has 82 valence electrons. The molecule has 3 N–H and O–H groups in total. The lowest BCUT2D eigenvalue weighted by Crippen LogP contribution is -2.10. The van der Waals surface area contributed by atoms with Crippen LogP contribution in [0.5, 0.6) is 0 Å². The number of hydrogen-bond acceptors (Lipinski definition) is 2. The number of hydrogen-bond donors (Lipinski definition) is 2. The van der Waals surface area contributed by atoms with Gasteiger partial charge in [-0.2, -0.15) is 0 Å². The second-order valence-electron chi connectivity index (χ2n) is 4.42. The first kappa shape index (κ1) is 9.39. The van der Waals surface area contributed by atoms with Crippen molar-refractivity contribution < 1.29 is 0 Å². The summed E-state index contributed by atoms with van der Waals surface area (Å²) in [7, 11) is 2.05. The Morgan fingerprint density at radius 2 is 2.25 bits per heavy atom. The Hall–Kier alpha value is -1.84. The Morgan fingerprint density at radius 3 is 2.88 bits per heavy atom. The molecule has 1 aliphatic carbocycles. The van der Waals surface area contributed by atoms with Crippen LogP contribution in [-0.2, 0) is 7.05 Å². The monoisotopic (exact) mass is 214 g/mol. The molecule has 0 aliphatic heterocycles. The van der Waals surface area contributed by atoms with Gasteiger partial charge in [0, 0.05) is 18.5 Å². The number of benzene rings is 1. The van der Waals surface area contributed by atoms with Gasteiger partial charge in [0.1, 0.15) is 11.7 Å². The maximum atomic E-state index is 7.41. The molecular formula is C12H14N4. The molecule has 16 heavy (non-hydrogen) atoms. The highest BCUT2D eigenvalue weighted by atomic mass is 15.1. The number of aromatic nitrogens is 2. The fraction of sp³-hybridized carbons (Fsp3) is 0.333. The van der Waals surface area contributed by atoms with E-state index in [1.807, 2.05) is 18.2 Å². The van der Waals surface area contributed by atoms with Gasteiger partial charge in [0.05, 0.1) is 11.0 Å². The highest BCUT2D eigenvalue weighted by Gasteiger charge is 2.28. The Labute approximate surface area is 93.6 Å². The van der Waals surface area contributed by atoms with Gasteiger partial charge >= 0.3 is 0 Å². The Morgan fingerprint density at radius 1 is 1.50 bits per heavy atom. The molecule has 0 saturated heterocycles. The molecule has 1 aromatic heterocycles. The lowest BCUT2D eigenvalue weighted by Gasteiger charge is -2.00. The van der Waals surface area contributed by atoms with Crippen LogP contribution in [0.1, 0.15) is 30.1 Å². The number of nitrogen functional groups attached to an aromatic ring is 1. The molecule has 1 aromatic carbocycles. The van der Waals surface area contributed by atoms with Crippen LogP contribution in [0, 0.1) is 5.41 Å². The molecule has 4 heteroatoms. The van der Waals surface area contributed by atoms with Crippen molar-refractivity contribution in [3.63, 3.8) is 0 Å². The predicted molar refractivity (Wildman–Crippen MR) is 63.7 cm³/mol. The van der Waals surface area contributed by atoms with Crippen LogP contribution < -0.4 is 5.73 Å². The van der Waals surface area contributed by atoms with Gasteiger partial charge in [0.2, 0.25) is 0 Å². The maximum Gasteiger partial charge on any atom is 0.122 e. The molecule has 0 radical (unpaired) electrons. The highest BCUT2D eigenvalue weighted by Crippen LogP contribution is 2.40. The molecule has 1 fully saturated rings. The van der Waals surface area contributed by atoms with E-state index in [9.17, 15) is 0 Å². The fourth-order valence-electron chi connectivity index (χ4n) is 2.09. The van der Waals surface area contributed by atoms with Crippen molar-refractivity contribution >= 4 is 16.9 Å². The van der Waals surface area contributed by atoms with Crippen LogP contribution >= 0.6 is 0 Å². The Kier molecular flexibility index (Phi) is 1.80. The molecule has 2 aromatic rings. The third-order valence-electron chi connectivity index (χ3n) is 3.17. The molecule has 0 unspecified atom stereocenters. The average Bonchev–Trinajstić information content (AvgIpc) is 3.04. The summed E-state index contributed by atoms with van der Waals surface area (Å²) in [5, 5.41) is 7.41. The second kappa shape index (κ2) is 3.07. The van der Waals surface area contributed by atoms with Gasteiger partial charge in [0.25, 0.3) is 0 Å². The van der Waals surface area contributed by atoms with Crippen LogP contribution in [0.4, 0.5) is 0 Å². The zero-order valence-electron chi connectivity index (χ0n) is 9.20. The van der Waals surface area contributed by atoms with Crippen molar-refractivity contribution in [2.24, 2.45) is 12.8 Å². The first-order valence-corrected chi connectivity index (χ1v) is 5.47. The van der Waals surface area contributed by atoms with Gasteiger partial charge in [-0.3, -0.25) is 5.41 Å². The lowest BCUT2D eigenvalue weighted by atomic mass is 10.2. The van der Waals surface area contributed by atoms with E-state index in [1.54, 1.807) is 0 Å². The minimum atomic E-state index is 0.0977. The van der Waals surface area contributed by atoms with E-state index in [4.69, 9.17) is 11.1 Å². The summed E-state index contributed by atoms with van der Waals surface area (Å²) in [6, 6.07) is 5.76. The van der Waals surface area contributed by atoms with Crippen molar-refractivity contribution in [2.45, 2.75) is 18.8 Å². The standard InChI is InChI=1S/C12H14N4/c1-16-10-5-4-8(11(13)14)6-9(10)15-12(16)7-2-3-7/h4-7H,2-3H2,1H3,(H3,13,14). The smallest absolute Gasteiger partial charge is 0.122 e.